The zero-order chi connectivity index (χ0) is 16.6. The van der Waals surface area contributed by atoms with Gasteiger partial charge in [-0.25, -0.2) is 0 Å². The Morgan fingerprint density at radius 3 is 1.78 bits per heavy atom. The van der Waals surface area contributed by atoms with Gasteiger partial charge in [0.2, 0.25) is 0 Å². The van der Waals surface area contributed by atoms with Gasteiger partial charge in [0.25, 0.3) is 0 Å². The molecule has 0 rings (SSSR count). The van der Waals surface area contributed by atoms with Crippen molar-refractivity contribution in [1.82, 2.24) is 5.32 Å². The van der Waals surface area contributed by atoms with Gasteiger partial charge in [-0.1, -0.05) is 64.7 Å². The normalized spacial score (nSPS) is 11.7. The van der Waals surface area contributed by atoms with E-state index in [2.05, 4.69) is 12.2 Å². The van der Waals surface area contributed by atoms with E-state index in [9.17, 15) is 9.59 Å². The maximum absolute atomic E-state index is 11.0. The molecule has 1 unspecified atom stereocenters. The van der Waals surface area contributed by atoms with Gasteiger partial charge in [0.05, 0.1) is 0 Å². The summed E-state index contributed by atoms with van der Waals surface area (Å²) < 4.78 is 0. The number of carbonyl (C=O) groups is 2. The first-order chi connectivity index (χ1) is 10.6. The summed E-state index contributed by atoms with van der Waals surface area (Å²) in [5, 5.41) is 20.5. The van der Waals surface area contributed by atoms with Crippen molar-refractivity contribution in [2.45, 2.75) is 90.0 Å². The fourth-order valence-corrected chi connectivity index (χ4v) is 2.47. The number of aliphatic carboxylic acids is 2. The van der Waals surface area contributed by atoms with Gasteiger partial charge in [0, 0.05) is 6.42 Å². The Hall–Kier alpha value is -0.100. The zero-order valence-electron chi connectivity index (χ0n) is 14.0. The van der Waals surface area contributed by atoms with Crippen LogP contribution < -0.4 is 5.32 Å². The predicted octanol–water partition coefficient (Wildman–Crippen LogP) is 3.17. The molecular weight excluding hydrogens is 305 g/mol. The van der Waals surface area contributed by atoms with Crippen LogP contribution in [0.5, 0.6) is 0 Å². The van der Waals surface area contributed by atoms with Gasteiger partial charge >= 0.3 is 41.5 Å². The summed E-state index contributed by atoms with van der Waals surface area (Å²) in [5.74, 6) is -1.92. The first-order valence-electron chi connectivity index (χ1n) is 8.76. The van der Waals surface area contributed by atoms with E-state index in [0.29, 0.717) is 6.54 Å². The summed E-state index contributed by atoms with van der Waals surface area (Å²) in [5.41, 5.74) is 0. The average Bonchev–Trinajstić information content (AvgIpc) is 2.47. The van der Waals surface area contributed by atoms with Gasteiger partial charge in [0.1, 0.15) is 6.04 Å². The van der Waals surface area contributed by atoms with E-state index in [1.165, 1.54) is 51.4 Å². The van der Waals surface area contributed by atoms with Crippen LogP contribution in [-0.2, 0) is 9.59 Å². The van der Waals surface area contributed by atoms with E-state index in [0.717, 1.165) is 12.8 Å². The maximum atomic E-state index is 11.0. The fraction of sp³-hybridized carbons (Fsp3) is 0.882. The number of hydrogen-bond acceptors (Lipinski definition) is 3. The molecule has 0 bridgehead atoms. The van der Waals surface area contributed by atoms with Crippen molar-refractivity contribution < 1.29 is 19.8 Å². The van der Waals surface area contributed by atoms with Crippen molar-refractivity contribution in [3.05, 3.63) is 0 Å². The third-order valence-electron chi connectivity index (χ3n) is 3.87. The molecule has 0 spiro atoms. The number of hydrogen-bond donors (Lipinski definition) is 3. The summed E-state index contributed by atoms with van der Waals surface area (Å²) in [7, 11) is 0. The molecule has 0 saturated carbocycles. The summed E-state index contributed by atoms with van der Waals surface area (Å²) >= 11 is 0. The second kappa shape index (κ2) is 18.2. The van der Waals surface area contributed by atoms with E-state index in [1.807, 2.05) is 0 Å². The van der Waals surface area contributed by atoms with Crippen LogP contribution in [0.25, 0.3) is 0 Å². The zero-order valence-corrected chi connectivity index (χ0v) is 14.0. The molecule has 23 heavy (non-hydrogen) atoms. The van der Waals surface area contributed by atoms with Crippen molar-refractivity contribution in [1.29, 1.82) is 0 Å². The van der Waals surface area contributed by atoms with Crippen LogP contribution in [0.4, 0.5) is 0 Å². The number of carboxylic acids is 2. The number of unbranched alkanes of at least 4 members (excludes halogenated alkanes) is 9. The monoisotopic (exact) mass is 339 g/mol. The summed E-state index contributed by atoms with van der Waals surface area (Å²) in [4.78, 5) is 21.4. The Kier molecular flexibility index (Phi) is 19.9. The molecule has 0 saturated heterocycles. The van der Waals surface area contributed by atoms with Crippen molar-refractivity contribution in [3.63, 3.8) is 0 Å². The number of nitrogens with one attached hydrogen (secondary N) is 1. The van der Waals surface area contributed by atoms with Crippen LogP contribution in [0.3, 0.4) is 0 Å². The van der Waals surface area contributed by atoms with E-state index in [4.69, 9.17) is 10.2 Å². The number of rotatable bonds is 16. The molecule has 0 aromatic heterocycles. The molecule has 0 aliphatic carbocycles. The van der Waals surface area contributed by atoms with Gasteiger partial charge in [-0.3, -0.25) is 9.59 Å². The second-order valence-corrected chi connectivity index (χ2v) is 5.96. The molecule has 3 N–H and O–H groups in total. The first kappa shape index (κ1) is 25.1. The number of carboxylic acid groups (broad SMARTS) is 2. The molecule has 1 atom stereocenters. The van der Waals surface area contributed by atoms with E-state index < -0.39 is 18.0 Å². The van der Waals surface area contributed by atoms with Crippen LogP contribution in [0.1, 0.15) is 84.0 Å². The van der Waals surface area contributed by atoms with Crippen LogP contribution in [0.15, 0.2) is 0 Å². The van der Waals surface area contributed by atoms with Gasteiger partial charge < -0.3 is 15.5 Å². The molecule has 0 aromatic carbocycles. The van der Waals surface area contributed by atoms with Crippen molar-refractivity contribution in [2.24, 2.45) is 0 Å². The van der Waals surface area contributed by atoms with Crippen LogP contribution in [0.2, 0.25) is 0 Å². The van der Waals surface area contributed by atoms with Gasteiger partial charge in [-0.15, -0.1) is 0 Å². The Morgan fingerprint density at radius 1 is 0.870 bits per heavy atom. The van der Waals surface area contributed by atoms with Crippen molar-refractivity contribution >= 4 is 41.5 Å². The molecular formula is C17H34NNaO4. The van der Waals surface area contributed by atoms with E-state index >= 15 is 0 Å². The molecule has 0 aliphatic rings. The summed E-state index contributed by atoms with van der Waals surface area (Å²) in [6, 6.07) is -0.741. The molecule has 0 heterocycles. The standard InChI is InChI=1S/C17H33NO4.Na.H/c1-2-3-4-5-6-7-8-9-10-11-14-18-15(17(21)22)12-13-16(19)20;;/h15,18H,2-14H2,1H3,(H,19,20)(H,21,22);;. The van der Waals surface area contributed by atoms with Crippen LogP contribution in [-0.4, -0.2) is 64.3 Å². The Labute approximate surface area is 162 Å². The molecule has 0 aromatic rings. The SMILES string of the molecule is CCCCCCCCCCCCNC(CCC(=O)O)C(=O)O.[NaH]. The summed E-state index contributed by atoms with van der Waals surface area (Å²) in [6.45, 7) is 2.87. The first-order valence-corrected chi connectivity index (χ1v) is 8.76. The minimum atomic E-state index is -0.965. The quantitative estimate of drug-likeness (QED) is 0.297. The molecule has 132 valence electrons. The third kappa shape index (κ3) is 18.1. The second-order valence-electron chi connectivity index (χ2n) is 5.96. The fourth-order valence-electron chi connectivity index (χ4n) is 2.47. The van der Waals surface area contributed by atoms with Crippen molar-refractivity contribution in [2.75, 3.05) is 6.54 Å². The Bertz CT molecular complexity index is 300. The van der Waals surface area contributed by atoms with Gasteiger partial charge in [-0.2, -0.15) is 0 Å². The van der Waals surface area contributed by atoms with E-state index in [1.54, 1.807) is 0 Å². The molecule has 5 nitrogen and oxygen atoms in total. The molecule has 0 amide bonds. The Balaban J connectivity index is 0. The van der Waals surface area contributed by atoms with Gasteiger partial charge in [0.15, 0.2) is 0 Å². The molecule has 0 fully saturated rings. The topological polar surface area (TPSA) is 86.6 Å². The van der Waals surface area contributed by atoms with Gasteiger partial charge in [-0.05, 0) is 19.4 Å². The van der Waals surface area contributed by atoms with Crippen LogP contribution in [0, 0.1) is 0 Å². The molecule has 0 radical (unpaired) electrons. The van der Waals surface area contributed by atoms with Crippen LogP contribution >= 0.6 is 0 Å². The Morgan fingerprint density at radius 2 is 1.35 bits per heavy atom. The minimum absolute atomic E-state index is 0. The predicted molar refractivity (Wildman–Crippen MR) is 95.3 cm³/mol. The molecule has 0 aliphatic heterocycles. The van der Waals surface area contributed by atoms with E-state index in [-0.39, 0.29) is 42.4 Å². The molecule has 6 heteroatoms. The van der Waals surface area contributed by atoms with Crippen molar-refractivity contribution in [3.8, 4) is 0 Å². The summed E-state index contributed by atoms with van der Waals surface area (Å²) in [6.07, 6.45) is 12.5. The average molecular weight is 339 g/mol. The third-order valence-corrected chi connectivity index (χ3v) is 3.87.